The molecule has 44 heavy (non-hydrogen) atoms. The van der Waals surface area contributed by atoms with Gasteiger partial charge in [0.15, 0.2) is 0 Å². The Kier molecular flexibility index (Phi) is 10.3. The van der Waals surface area contributed by atoms with Crippen molar-refractivity contribution in [1.82, 2.24) is 10.2 Å². The molecule has 3 aromatic carbocycles. The fraction of sp³-hybridized carbons (Fsp3) is 0.375. The van der Waals surface area contributed by atoms with Gasteiger partial charge in [-0.2, -0.15) is 0 Å². The van der Waals surface area contributed by atoms with Crippen LogP contribution >= 0.6 is 0 Å². The molecule has 0 aromatic heterocycles. The molecule has 2 amide bonds. The van der Waals surface area contributed by atoms with Crippen molar-refractivity contribution in [3.05, 3.63) is 93.5 Å². The number of aryl methyl sites for hydroxylation is 2. The number of hydrogen-bond acceptors (Lipinski definition) is 7. The number of nitrogens with one attached hydrogen (secondary N) is 1. The summed E-state index contributed by atoms with van der Waals surface area (Å²) in [5, 5.41) is 14.7. The van der Waals surface area contributed by atoms with E-state index in [1.807, 2.05) is 31.2 Å². The maximum atomic E-state index is 14.1. The monoisotopic (exact) mass is 622 g/mol. The molecule has 1 N–H and O–H groups in total. The molecular formula is C32H38N4O7S. The number of ether oxygens (including phenoxy) is 1. The van der Waals surface area contributed by atoms with E-state index in [0.717, 1.165) is 47.2 Å². The first-order valence-electron chi connectivity index (χ1n) is 14.5. The van der Waals surface area contributed by atoms with Crippen LogP contribution in [0, 0.1) is 24.0 Å². The molecule has 4 rings (SSSR count). The quantitative estimate of drug-likeness (QED) is 0.224. The van der Waals surface area contributed by atoms with Crippen LogP contribution in [-0.2, 0) is 26.2 Å². The maximum absolute atomic E-state index is 14.1. The van der Waals surface area contributed by atoms with Crippen molar-refractivity contribution in [3.8, 4) is 5.75 Å². The highest BCUT2D eigenvalue weighted by Gasteiger charge is 2.34. The van der Waals surface area contributed by atoms with Gasteiger partial charge in [0.1, 0.15) is 18.3 Å². The molecule has 0 radical (unpaired) electrons. The number of sulfonamides is 1. The van der Waals surface area contributed by atoms with E-state index >= 15 is 0 Å². The summed E-state index contributed by atoms with van der Waals surface area (Å²) in [6.07, 6.45) is 3.79. The summed E-state index contributed by atoms with van der Waals surface area (Å²) in [6, 6.07) is 16.4. The third kappa shape index (κ3) is 7.54. The maximum Gasteiger partial charge on any atom is 0.273 e. The van der Waals surface area contributed by atoms with Gasteiger partial charge in [0, 0.05) is 24.2 Å². The van der Waals surface area contributed by atoms with Crippen molar-refractivity contribution >= 4 is 33.2 Å². The van der Waals surface area contributed by atoms with Gasteiger partial charge in [0.2, 0.25) is 11.8 Å². The molecule has 0 bridgehead atoms. The zero-order valence-electron chi connectivity index (χ0n) is 25.4. The van der Waals surface area contributed by atoms with Crippen molar-refractivity contribution in [2.24, 2.45) is 0 Å². The molecular weight excluding hydrogens is 584 g/mol. The van der Waals surface area contributed by atoms with E-state index in [1.54, 1.807) is 19.1 Å². The standard InChI is InChI=1S/C32H38N4O7S/c1-22-9-12-25(13-10-22)20-34(24(3)32(38)33-26-7-5-6-8-26)31(37)21-35(27-14-16-28(43-4)17-15-27)44(41,42)29-18-11-23(2)30(19-29)36(39)40/h9-19,24,26H,5-8,20-21H2,1-4H3,(H,33,38)/t24-/m0/s1. The highest BCUT2D eigenvalue weighted by molar-refractivity contribution is 7.92. The zero-order valence-corrected chi connectivity index (χ0v) is 26.2. The minimum absolute atomic E-state index is 0.0368. The van der Waals surface area contributed by atoms with Gasteiger partial charge in [-0.1, -0.05) is 48.7 Å². The van der Waals surface area contributed by atoms with Crippen LogP contribution in [0.4, 0.5) is 11.4 Å². The van der Waals surface area contributed by atoms with Crippen LogP contribution in [0.1, 0.15) is 49.3 Å². The van der Waals surface area contributed by atoms with Crippen molar-refractivity contribution < 1.29 is 27.7 Å². The van der Waals surface area contributed by atoms with Crippen LogP contribution < -0.4 is 14.4 Å². The number of hydrogen-bond donors (Lipinski definition) is 1. The largest absolute Gasteiger partial charge is 0.497 e. The average molecular weight is 623 g/mol. The van der Waals surface area contributed by atoms with Gasteiger partial charge in [-0.15, -0.1) is 0 Å². The summed E-state index contributed by atoms with van der Waals surface area (Å²) in [5.74, 6) is -0.451. The second-order valence-corrected chi connectivity index (χ2v) is 13.0. The fourth-order valence-corrected chi connectivity index (χ4v) is 6.65. The summed E-state index contributed by atoms with van der Waals surface area (Å²) < 4.78 is 34.3. The molecule has 0 unspecified atom stereocenters. The van der Waals surface area contributed by atoms with Crippen LogP contribution in [0.2, 0.25) is 0 Å². The Balaban J connectivity index is 1.73. The molecule has 0 spiro atoms. The molecule has 1 aliphatic rings. The van der Waals surface area contributed by atoms with Crippen molar-refractivity contribution in [1.29, 1.82) is 0 Å². The second-order valence-electron chi connectivity index (χ2n) is 11.1. The van der Waals surface area contributed by atoms with Crippen molar-refractivity contribution in [2.45, 2.75) is 70.0 Å². The molecule has 0 saturated heterocycles. The number of anilines is 1. The van der Waals surface area contributed by atoms with Gasteiger partial charge in [0.25, 0.3) is 15.7 Å². The number of carbonyl (C=O) groups excluding carboxylic acids is 2. The van der Waals surface area contributed by atoms with E-state index in [4.69, 9.17) is 4.74 Å². The van der Waals surface area contributed by atoms with E-state index in [1.165, 1.54) is 43.2 Å². The highest BCUT2D eigenvalue weighted by Crippen LogP contribution is 2.29. The average Bonchev–Trinajstić information content (AvgIpc) is 3.52. The Hall–Kier alpha value is -4.45. The Morgan fingerprint density at radius 3 is 2.25 bits per heavy atom. The predicted molar refractivity (Wildman–Crippen MR) is 167 cm³/mol. The fourth-order valence-electron chi connectivity index (χ4n) is 5.22. The summed E-state index contributed by atoms with van der Waals surface area (Å²) >= 11 is 0. The van der Waals surface area contributed by atoms with Gasteiger partial charge in [-0.05, 0) is 69.5 Å². The Morgan fingerprint density at radius 1 is 1.02 bits per heavy atom. The molecule has 234 valence electrons. The predicted octanol–water partition coefficient (Wildman–Crippen LogP) is 4.89. The van der Waals surface area contributed by atoms with Gasteiger partial charge in [-0.25, -0.2) is 8.42 Å². The van der Waals surface area contributed by atoms with E-state index in [9.17, 15) is 28.1 Å². The van der Waals surface area contributed by atoms with Crippen LogP contribution in [-0.4, -0.2) is 55.8 Å². The summed E-state index contributed by atoms with van der Waals surface area (Å²) in [5.41, 5.74) is 1.90. The molecule has 1 saturated carbocycles. The molecule has 0 aliphatic heterocycles. The molecule has 1 atom stereocenters. The smallest absolute Gasteiger partial charge is 0.273 e. The second kappa shape index (κ2) is 13.9. The first kappa shape index (κ1) is 32.5. The first-order chi connectivity index (χ1) is 20.9. The lowest BCUT2D eigenvalue weighted by molar-refractivity contribution is -0.385. The summed E-state index contributed by atoms with van der Waals surface area (Å²) in [6.45, 7) is 4.51. The number of nitro groups is 1. The van der Waals surface area contributed by atoms with Gasteiger partial charge in [-0.3, -0.25) is 24.0 Å². The van der Waals surface area contributed by atoms with E-state index in [2.05, 4.69) is 5.32 Å². The highest BCUT2D eigenvalue weighted by atomic mass is 32.2. The normalized spacial score (nSPS) is 14.1. The number of methoxy groups -OCH3 is 1. The number of carbonyl (C=O) groups is 2. The van der Waals surface area contributed by atoms with Crippen molar-refractivity contribution in [2.75, 3.05) is 18.0 Å². The molecule has 11 nitrogen and oxygen atoms in total. The molecule has 3 aromatic rings. The summed E-state index contributed by atoms with van der Waals surface area (Å²) in [7, 11) is -3.01. The van der Waals surface area contributed by atoms with E-state index in [-0.39, 0.29) is 34.8 Å². The van der Waals surface area contributed by atoms with Gasteiger partial charge < -0.3 is 15.0 Å². The Morgan fingerprint density at radius 2 is 1.66 bits per heavy atom. The zero-order chi connectivity index (χ0) is 32.0. The molecule has 12 heteroatoms. The minimum atomic E-state index is -4.48. The van der Waals surface area contributed by atoms with Crippen LogP contribution in [0.5, 0.6) is 5.75 Å². The first-order valence-corrected chi connectivity index (χ1v) is 15.9. The lowest BCUT2D eigenvalue weighted by Gasteiger charge is -2.32. The number of benzene rings is 3. The molecule has 1 aliphatic carbocycles. The number of amides is 2. The molecule has 1 fully saturated rings. The van der Waals surface area contributed by atoms with Crippen molar-refractivity contribution in [3.63, 3.8) is 0 Å². The molecule has 0 heterocycles. The van der Waals surface area contributed by atoms with E-state index < -0.39 is 33.4 Å². The number of nitrogens with zero attached hydrogens (tertiary/aromatic N) is 3. The topological polar surface area (TPSA) is 139 Å². The van der Waals surface area contributed by atoms with Gasteiger partial charge >= 0.3 is 0 Å². The van der Waals surface area contributed by atoms with Crippen LogP contribution in [0.25, 0.3) is 0 Å². The number of rotatable bonds is 12. The SMILES string of the molecule is COc1ccc(N(CC(=O)N(Cc2ccc(C)cc2)[C@@H](C)C(=O)NC2CCCC2)S(=O)(=O)c2ccc(C)c([N+](=O)[O-])c2)cc1. The lowest BCUT2D eigenvalue weighted by Crippen LogP contribution is -2.52. The van der Waals surface area contributed by atoms with E-state index in [0.29, 0.717) is 11.3 Å². The Labute approximate surface area is 258 Å². The summed E-state index contributed by atoms with van der Waals surface area (Å²) in [4.78, 5) is 39.5. The third-order valence-corrected chi connectivity index (χ3v) is 9.72. The number of nitro benzene ring substituents is 1. The third-order valence-electron chi connectivity index (χ3n) is 7.95. The van der Waals surface area contributed by atoms with Gasteiger partial charge in [0.05, 0.1) is 22.6 Å². The van der Waals surface area contributed by atoms with Crippen LogP contribution in [0.3, 0.4) is 0 Å². The lowest BCUT2D eigenvalue weighted by atomic mass is 10.1. The Bertz CT molecular complexity index is 1600. The van der Waals surface area contributed by atoms with Crippen LogP contribution in [0.15, 0.2) is 71.6 Å². The minimum Gasteiger partial charge on any atom is -0.497 e.